The largest absolute Gasteiger partial charge is 0.631 e. The van der Waals surface area contributed by atoms with Crippen LogP contribution in [0.2, 0.25) is 0 Å². The van der Waals surface area contributed by atoms with Gasteiger partial charge in [0.1, 0.15) is 0 Å². The van der Waals surface area contributed by atoms with Crippen LogP contribution >= 0.6 is 0 Å². The van der Waals surface area contributed by atoms with Gasteiger partial charge in [-0.1, -0.05) is 0 Å². The van der Waals surface area contributed by atoms with Crippen molar-refractivity contribution in [1.82, 2.24) is 0 Å². The quantitative estimate of drug-likeness (QED) is 0.305. The van der Waals surface area contributed by atoms with E-state index in [1.807, 2.05) is 0 Å². The maximum absolute atomic E-state index is 7.17. The Morgan fingerprint density at radius 2 is 1.00 bits per heavy atom. The molecule has 0 amide bonds. The SMILES string of the molecule is O.OB(O)O.[Ca].[Na]. The van der Waals surface area contributed by atoms with Gasteiger partial charge >= 0.3 is 7.32 Å². The summed E-state index contributed by atoms with van der Waals surface area (Å²) in [5.74, 6) is 0. The van der Waals surface area contributed by atoms with E-state index in [0.29, 0.717) is 0 Å². The fourth-order valence-electron chi connectivity index (χ4n) is 0. The smallest absolute Gasteiger partial charge is 0.412 e. The Kier molecular flexibility index (Phi) is 51.4. The second-order valence-electron chi connectivity index (χ2n) is 0.346. The standard InChI is InChI=1S/BH3O3.Ca.Na.H2O/c2-1(3)4;;;/h2-4H;;;1H2. The normalized spacial score (nSPS) is 3.86. The molecule has 0 saturated carbocycles. The van der Waals surface area contributed by atoms with Gasteiger partial charge in [-0.3, -0.25) is 0 Å². The summed E-state index contributed by atoms with van der Waals surface area (Å²) in [5, 5.41) is 21.5. The van der Waals surface area contributed by atoms with Gasteiger partial charge in [0.05, 0.1) is 0 Å². The first-order chi connectivity index (χ1) is 1.73. The van der Waals surface area contributed by atoms with Gasteiger partial charge in [0.2, 0.25) is 0 Å². The van der Waals surface area contributed by atoms with E-state index in [2.05, 4.69) is 0 Å². The topological polar surface area (TPSA) is 92.2 Å². The molecule has 0 aliphatic rings. The van der Waals surface area contributed by atoms with Crippen molar-refractivity contribution in [1.29, 1.82) is 0 Å². The van der Waals surface area contributed by atoms with Crippen LogP contribution in [0.15, 0.2) is 0 Å². The van der Waals surface area contributed by atoms with Gasteiger partial charge in [0.25, 0.3) is 0 Å². The first-order valence-corrected chi connectivity index (χ1v) is 0.775. The number of hydrogen-bond donors (Lipinski definition) is 3. The molecule has 0 aliphatic carbocycles. The Balaban J connectivity index is -0.0000000150. The van der Waals surface area contributed by atoms with E-state index in [1.165, 1.54) is 0 Å². The van der Waals surface area contributed by atoms with Gasteiger partial charge in [-0.25, -0.2) is 0 Å². The molecule has 0 spiro atoms. The maximum atomic E-state index is 7.17. The summed E-state index contributed by atoms with van der Waals surface area (Å²) in [6.07, 6.45) is 0. The molecule has 0 aromatic rings. The van der Waals surface area contributed by atoms with Gasteiger partial charge in [0.15, 0.2) is 0 Å². The van der Waals surface area contributed by atoms with Crippen LogP contribution in [0.4, 0.5) is 0 Å². The van der Waals surface area contributed by atoms with Crippen LogP contribution in [-0.4, -0.2) is 95.2 Å². The van der Waals surface area contributed by atoms with Gasteiger partial charge in [0, 0.05) is 67.3 Å². The third kappa shape index (κ3) is 66.2. The molecule has 0 aromatic carbocycles. The Morgan fingerprint density at radius 3 is 1.00 bits per heavy atom. The van der Waals surface area contributed by atoms with Crippen molar-refractivity contribution in [2.75, 3.05) is 0 Å². The van der Waals surface area contributed by atoms with Gasteiger partial charge in [-0.2, -0.15) is 0 Å². The van der Waals surface area contributed by atoms with Crippen LogP contribution in [0, 0.1) is 0 Å². The van der Waals surface area contributed by atoms with Crippen LogP contribution in [0.3, 0.4) is 0 Å². The van der Waals surface area contributed by atoms with Crippen LogP contribution in [0.25, 0.3) is 0 Å². The zero-order valence-electron chi connectivity index (χ0n) is 4.13. The van der Waals surface area contributed by atoms with Gasteiger partial charge in [-0.15, -0.1) is 0 Å². The van der Waals surface area contributed by atoms with E-state index in [0.717, 1.165) is 0 Å². The van der Waals surface area contributed by atoms with Crippen molar-refractivity contribution in [2.45, 2.75) is 0 Å². The van der Waals surface area contributed by atoms with E-state index >= 15 is 0 Å². The molecule has 0 atom stereocenters. The summed E-state index contributed by atoms with van der Waals surface area (Å²) in [7, 11) is -2.17. The van der Waals surface area contributed by atoms with Gasteiger partial charge in [-0.05, 0) is 0 Å². The van der Waals surface area contributed by atoms with Crippen molar-refractivity contribution in [3.05, 3.63) is 0 Å². The van der Waals surface area contributed by atoms with E-state index in [1.54, 1.807) is 0 Å². The van der Waals surface area contributed by atoms with Crippen LogP contribution in [-0.2, 0) is 0 Å². The minimum atomic E-state index is -2.17. The summed E-state index contributed by atoms with van der Waals surface area (Å²) in [6.45, 7) is 0. The Hall–Kier alpha value is 2.16. The molecule has 0 unspecified atom stereocenters. The first-order valence-electron chi connectivity index (χ1n) is 0.775. The molecular formula is H5BCaNaO4. The molecular weight excluding hydrogens is 138 g/mol. The molecule has 0 saturated heterocycles. The number of hydrogen-bond acceptors (Lipinski definition) is 3. The summed E-state index contributed by atoms with van der Waals surface area (Å²) >= 11 is 0. The molecule has 3 radical (unpaired) electrons. The second-order valence-corrected chi connectivity index (χ2v) is 0.346. The fraction of sp³-hybridized carbons (Fsp3) is 0. The molecule has 7 heavy (non-hydrogen) atoms. The summed E-state index contributed by atoms with van der Waals surface area (Å²) < 4.78 is 0. The van der Waals surface area contributed by atoms with Crippen molar-refractivity contribution in [3.8, 4) is 0 Å². The Bertz CT molecular complexity index is 16.4. The molecule has 0 aliphatic heterocycles. The summed E-state index contributed by atoms with van der Waals surface area (Å²) in [5.41, 5.74) is 0. The average molecular weight is 143 g/mol. The maximum Gasteiger partial charge on any atom is 0.631 e. The number of rotatable bonds is 0. The zero-order chi connectivity index (χ0) is 3.58. The average Bonchev–Trinajstić information content (AvgIpc) is 0.811. The minimum Gasteiger partial charge on any atom is -0.412 e. The van der Waals surface area contributed by atoms with Crippen LogP contribution in [0.1, 0.15) is 0 Å². The molecule has 0 fully saturated rings. The molecule has 4 nitrogen and oxygen atoms in total. The van der Waals surface area contributed by atoms with Crippen molar-refractivity contribution < 1.29 is 20.5 Å². The molecule has 0 aromatic heterocycles. The van der Waals surface area contributed by atoms with Crippen LogP contribution in [0.5, 0.6) is 0 Å². The van der Waals surface area contributed by atoms with E-state index in [9.17, 15) is 0 Å². The molecule has 0 heterocycles. The third-order valence-corrected chi connectivity index (χ3v) is 0. The van der Waals surface area contributed by atoms with Crippen molar-refractivity contribution in [2.24, 2.45) is 0 Å². The summed E-state index contributed by atoms with van der Waals surface area (Å²) in [6, 6.07) is 0. The minimum absolute atomic E-state index is 0. The van der Waals surface area contributed by atoms with E-state index < -0.39 is 7.32 Å². The van der Waals surface area contributed by atoms with Crippen molar-refractivity contribution >= 4 is 74.6 Å². The van der Waals surface area contributed by atoms with E-state index in [4.69, 9.17) is 15.1 Å². The molecule has 0 bridgehead atoms. The summed E-state index contributed by atoms with van der Waals surface area (Å²) in [4.78, 5) is 0. The second kappa shape index (κ2) is 15.7. The molecule has 0 rings (SSSR count). The fourth-order valence-corrected chi connectivity index (χ4v) is 0. The zero-order valence-corrected chi connectivity index (χ0v) is 8.33. The monoisotopic (exact) mass is 143 g/mol. The molecule has 5 N–H and O–H groups in total. The van der Waals surface area contributed by atoms with Gasteiger partial charge < -0.3 is 20.5 Å². The van der Waals surface area contributed by atoms with Crippen molar-refractivity contribution in [3.63, 3.8) is 0 Å². The predicted octanol–water partition coefficient (Wildman–Crippen LogP) is -3.64. The third-order valence-electron chi connectivity index (χ3n) is 0. The Labute approximate surface area is 93.7 Å². The first kappa shape index (κ1) is 22.9. The molecule has 7 heteroatoms. The Morgan fingerprint density at radius 1 is 1.00 bits per heavy atom. The predicted molar refractivity (Wildman–Crippen MR) is 27.5 cm³/mol. The van der Waals surface area contributed by atoms with E-state index in [-0.39, 0.29) is 72.8 Å². The van der Waals surface area contributed by atoms with Crippen LogP contribution < -0.4 is 0 Å². The molecule has 35 valence electrons.